The Morgan fingerprint density at radius 2 is 1.73 bits per heavy atom. The second-order valence-corrected chi connectivity index (χ2v) is 5.34. The fourth-order valence-corrected chi connectivity index (χ4v) is 2.25. The summed E-state index contributed by atoms with van der Waals surface area (Å²) in [7, 11) is 0. The smallest absolute Gasteiger partial charge is 0.130 e. The van der Waals surface area contributed by atoms with E-state index in [2.05, 4.69) is 20.3 Å². The first-order valence-electron chi connectivity index (χ1n) is 6.95. The van der Waals surface area contributed by atoms with Crippen molar-refractivity contribution < 1.29 is 0 Å². The second-order valence-electron chi connectivity index (χ2n) is 4.90. The Morgan fingerprint density at radius 1 is 1.00 bits per heavy atom. The van der Waals surface area contributed by atoms with Crippen molar-refractivity contribution in [1.82, 2.24) is 15.0 Å². The Kier molecular flexibility index (Phi) is 4.30. The summed E-state index contributed by atoms with van der Waals surface area (Å²) in [6.07, 6.45) is 3.52. The van der Waals surface area contributed by atoms with E-state index >= 15 is 0 Å². The summed E-state index contributed by atoms with van der Waals surface area (Å²) in [5.74, 6) is 1.53. The molecule has 0 atom stereocenters. The maximum Gasteiger partial charge on any atom is 0.130 e. The Labute approximate surface area is 134 Å². The third-order valence-corrected chi connectivity index (χ3v) is 3.45. The quantitative estimate of drug-likeness (QED) is 0.788. The first kappa shape index (κ1) is 14.5. The third kappa shape index (κ3) is 3.59. The molecule has 5 heteroatoms. The minimum atomic E-state index is 0.684. The molecule has 3 rings (SSSR count). The molecular weight excluding hydrogens is 296 g/mol. The molecule has 3 aromatic rings. The van der Waals surface area contributed by atoms with Gasteiger partial charge in [-0.05, 0) is 36.8 Å². The largest absolute Gasteiger partial charge is 0.366 e. The van der Waals surface area contributed by atoms with E-state index in [4.69, 9.17) is 11.6 Å². The molecule has 22 heavy (non-hydrogen) atoms. The van der Waals surface area contributed by atoms with E-state index in [-0.39, 0.29) is 0 Å². The number of anilines is 1. The molecule has 1 aromatic carbocycles. The number of nitrogens with zero attached hydrogens (tertiary/aromatic N) is 3. The van der Waals surface area contributed by atoms with Gasteiger partial charge in [-0.15, -0.1) is 0 Å². The van der Waals surface area contributed by atoms with Crippen LogP contribution in [-0.2, 0) is 6.54 Å². The average molecular weight is 311 g/mol. The predicted octanol–water partition coefficient (Wildman–Crippen LogP) is 4.11. The van der Waals surface area contributed by atoms with Gasteiger partial charge >= 0.3 is 0 Å². The van der Waals surface area contributed by atoms with Gasteiger partial charge in [0, 0.05) is 35.6 Å². The fourth-order valence-electron chi connectivity index (χ4n) is 2.12. The van der Waals surface area contributed by atoms with Gasteiger partial charge in [0.1, 0.15) is 11.6 Å². The molecule has 0 fully saturated rings. The molecular formula is C17H15ClN4. The van der Waals surface area contributed by atoms with Crippen molar-refractivity contribution in [2.75, 3.05) is 5.32 Å². The Morgan fingerprint density at radius 3 is 2.45 bits per heavy atom. The average Bonchev–Trinajstić information content (AvgIpc) is 2.55. The van der Waals surface area contributed by atoms with Crippen molar-refractivity contribution in [3.8, 4) is 11.3 Å². The summed E-state index contributed by atoms with van der Waals surface area (Å²) >= 11 is 5.89. The summed E-state index contributed by atoms with van der Waals surface area (Å²) in [6.45, 7) is 2.57. The Balaban J connectivity index is 1.79. The first-order valence-corrected chi connectivity index (χ1v) is 7.33. The molecule has 0 aliphatic rings. The predicted molar refractivity (Wildman–Crippen MR) is 88.8 cm³/mol. The Bertz CT molecular complexity index is 757. The van der Waals surface area contributed by atoms with Crippen molar-refractivity contribution in [2.45, 2.75) is 13.5 Å². The summed E-state index contributed by atoms with van der Waals surface area (Å²) in [4.78, 5) is 12.9. The van der Waals surface area contributed by atoms with Crippen LogP contribution in [0, 0.1) is 6.92 Å². The van der Waals surface area contributed by atoms with Crippen LogP contribution in [0.2, 0.25) is 5.02 Å². The van der Waals surface area contributed by atoms with Gasteiger partial charge in [0.2, 0.25) is 0 Å². The number of pyridine rings is 1. The minimum absolute atomic E-state index is 0.684. The van der Waals surface area contributed by atoms with Gasteiger partial charge in [-0.2, -0.15) is 0 Å². The van der Waals surface area contributed by atoms with Crippen molar-refractivity contribution in [2.24, 2.45) is 0 Å². The molecule has 0 radical (unpaired) electrons. The molecule has 0 aliphatic heterocycles. The zero-order valence-corrected chi connectivity index (χ0v) is 12.9. The fraction of sp³-hybridized carbons (Fsp3) is 0.118. The SMILES string of the molecule is Cc1nc(NCc2ccc(Cl)cc2)cc(-c2ccncc2)n1. The van der Waals surface area contributed by atoms with E-state index in [0.717, 1.165) is 33.5 Å². The van der Waals surface area contributed by atoms with E-state index in [9.17, 15) is 0 Å². The van der Waals surface area contributed by atoms with Crippen LogP contribution in [-0.4, -0.2) is 15.0 Å². The van der Waals surface area contributed by atoms with Crippen molar-refractivity contribution in [3.63, 3.8) is 0 Å². The molecule has 0 saturated carbocycles. The highest BCUT2D eigenvalue weighted by molar-refractivity contribution is 6.30. The van der Waals surface area contributed by atoms with Crippen LogP contribution in [0.25, 0.3) is 11.3 Å². The molecule has 0 spiro atoms. The van der Waals surface area contributed by atoms with Crippen LogP contribution in [0.5, 0.6) is 0 Å². The van der Waals surface area contributed by atoms with E-state index in [1.807, 2.05) is 49.4 Å². The van der Waals surface area contributed by atoms with Gasteiger partial charge in [0.15, 0.2) is 0 Å². The van der Waals surface area contributed by atoms with E-state index < -0.39 is 0 Å². The van der Waals surface area contributed by atoms with Crippen LogP contribution in [0.4, 0.5) is 5.82 Å². The molecule has 2 aromatic heterocycles. The lowest BCUT2D eigenvalue weighted by Crippen LogP contribution is -2.03. The molecule has 0 bridgehead atoms. The number of halogens is 1. The molecule has 0 amide bonds. The second kappa shape index (κ2) is 6.54. The number of rotatable bonds is 4. The summed E-state index contributed by atoms with van der Waals surface area (Å²) in [5, 5.41) is 4.06. The monoisotopic (exact) mass is 310 g/mol. The van der Waals surface area contributed by atoms with Gasteiger partial charge in [-0.25, -0.2) is 9.97 Å². The summed E-state index contributed by atoms with van der Waals surface area (Å²) in [6, 6.07) is 13.6. The summed E-state index contributed by atoms with van der Waals surface area (Å²) < 4.78 is 0. The molecule has 0 saturated heterocycles. The van der Waals surface area contributed by atoms with Gasteiger partial charge < -0.3 is 5.32 Å². The maximum atomic E-state index is 5.89. The van der Waals surface area contributed by atoms with Gasteiger partial charge in [0.05, 0.1) is 5.69 Å². The zero-order chi connectivity index (χ0) is 15.4. The summed E-state index contributed by atoms with van der Waals surface area (Å²) in [5.41, 5.74) is 3.05. The van der Waals surface area contributed by atoms with Gasteiger partial charge in [-0.3, -0.25) is 4.98 Å². The van der Waals surface area contributed by atoms with Crippen molar-refractivity contribution in [3.05, 3.63) is 71.3 Å². The van der Waals surface area contributed by atoms with Crippen LogP contribution in [0.3, 0.4) is 0 Å². The lowest BCUT2D eigenvalue weighted by molar-refractivity contribution is 1.03. The molecule has 0 unspecified atom stereocenters. The molecule has 0 aliphatic carbocycles. The number of benzene rings is 1. The van der Waals surface area contributed by atoms with Crippen LogP contribution in [0.1, 0.15) is 11.4 Å². The lowest BCUT2D eigenvalue weighted by Gasteiger charge is -2.09. The van der Waals surface area contributed by atoms with Gasteiger partial charge in [0.25, 0.3) is 0 Å². The Hall–Kier alpha value is -2.46. The lowest BCUT2D eigenvalue weighted by atomic mass is 10.2. The van der Waals surface area contributed by atoms with E-state index in [1.165, 1.54) is 0 Å². The van der Waals surface area contributed by atoms with Crippen LogP contribution in [0.15, 0.2) is 54.9 Å². The van der Waals surface area contributed by atoms with Crippen molar-refractivity contribution >= 4 is 17.4 Å². The highest BCUT2D eigenvalue weighted by atomic mass is 35.5. The highest BCUT2D eigenvalue weighted by Crippen LogP contribution is 2.19. The molecule has 4 nitrogen and oxygen atoms in total. The van der Waals surface area contributed by atoms with E-state index in [0.29, 0.717) is 6.54 Å². The zero-order valence-electron chi connectivity index (χ0n) is 12.1. The number of hydrogen-bond acceptors (Lipinski definition) is 4. The normalized spacial score (nSPS) is 10.5. The van der Waals surface area contributed by atoms with Crippen LogP contribution < -0.4 is 5.32 Å². The number of hydrogen-bond donors (Lipinski definition) is 1. The standard InChI is InChI=1S/C17H15ClN4/c1-12-21-16(14-6-8-19-9-7-14)10-17(22-12)20-11-13-2-4-15(18)5-3-13/h2-10H,11H2,1H3,(H,20,21,22). The molecule has 2 heterocycles. The molecule has 110 valence electrons. The van der Waals surface area contributed by atoms with Crippen LogP contribution >= 0.6 is 11.6 Å². The first-order chi connectivity index (χ1) is 10.7. The van der Waals surface area contributed by atoms with E-state index in [1.54, 1.807) is 12.4 Å². The van der Waals surface area contributed by atoms with Gasteiger partial charge in [-0.1, -0.05) is 23.7 Å². The maximum absolute atomic E-state index is 5.89. The number of aryl methyl sites for hydroxylation is 1. The van der Waals surface area contributed by atoms with Crippen molar-refractivity contribution in [1.29, 1.82) is 0 Å². The molecule has 1 N–H and O–H groups in total. The topological polar surface area (TPSA) is 50.7 Å². The number of nitrogens with one attached hydrogen (secondary N) is 1. The number of aromatic nitrogens is 3. The minimum Gasteiger partial charge on any atom is -0.366 e. The highest BCUT2D eigenvalue weighted by Gasteiger charge is 2.04. The third-order valence-electron chi connectivity index (χ3n) is 3.20.